The van der Waals surface area contributed by atoms with Crippen LogP contribution in [0.3, 0.4) is 0 Å². The summed E-state index contributed by atoms with van der Waals surface area (Å²) in [6, 6.07) is 0. The van der Waals surface area contributed by atoms with Crippen LogP contribution in [0.5, 0.6) is 0 Å². The smallest absolute Gasteiger partial charge is 0.463 e. The second-order valence-corrected chi connectivity index (χ2v) is 36.6. The first-order chi connectivity index (χ1) is 57.6. The Morgan fingerprint density at radius 2 is 0.630 bits per heavy atom. The molecule has 1 saturated carbocycles. The van der Waals surface area contributed by atoms with Crippen LogP contribution < -0.4 is 0 Å². The third kappa shape index (κ3) is 51.8. The molecule has 0 aromatic rings. The molecule has 19 atom stereocenters. The standard InChI is InChI=1S/C93H175O25P/c1-6-10-14-18-22-25-28-31-33-35-38-41-43-46-54-60-66-78(97)112-73(69-109-76(95)64-58-53-49-48-51-57-63-72(5)62-56-50-21-17-13-9-4)70-111-119(107,108)118-91-89(116-92-86(105)82(101)80(99)74(68-94)113-92)85(104)84(103)88(115-79(98)67-61-55-47-44-40-36-30-27-24-20-16-12-8-3)90(91)117-93-87(106)83(102)81(100)75(114-93)71-110-77(96)65-59-52-45-42-39-37-34-32-29-26-23-19-15-11-7-2/h72-75,80-94,99-106H,6-71H2,1-5H3,(H,107,108). The van der Waals surface area contributed by atoms with Crippen LogP contribution in [-0.2, 0) is 70.7 Å². The summed E-state index contributed by atoms with van der Waals surface area (Å²) in [6.45, 7) is 7.98. The van der Waals surface area contributed by atoms with Crippen molar-refractivity contribution in [2.75, 3.05) is 26.4 Å². The fraction of sp³-hybridized carbons (Fsp3) is 0.957. The number of carbonyl (C=O) groups excluding carboxylic acids is 4. The molecule has 0 aromatic carbocycles. The number of rotatable bonds is 79. The molecule has 0 aromatic heterocycles. The van der Waals surface area contributed by atoms with Gasteiger partial charge in [0.25, 0.3) is 0 Å². The Kier molecular flexibility index (Phi) is 66.5. The molecule has 702 valence electrons. The summed E-state index contributed by atoms with van der Waals surface area (Å²) in [5, 5.41) is 102. The van der Waals surface area contributed by atoms with Crippen LogP contribution in [-0.4, -0.2) is 205 Å². The monoisotopic (exact) mass is 1720 g/mol. The van der Waals surface area contributed by atoms with Crippen molar-refractivity contribution in [2.45, 2.75) is 537 Å². The van der Waals surface area contributed by atoms with Crippen molar-refractivity contribution in [3.8, 4) is 0 Å². The highest BCUT2D eigenvalue weighted by molar-refractivity contribution is 7.47. The minimum absolute atomic E-state index is 0.0199. The number of ether oxygens (including phenoxy) is 8. The highest BCUT2D eigenvalue weighted by Gasteiger charge is 2.60. The van der Waals surface area contributed by atoms with Crippen LogP contribution in [0.4, 0.5) is 0 Å². The van der Waals surface area contributed by atoms with E-state index < -0.39 is 162 Å². The second kappa shape index (κ2) is 71.5. The number of unbranched alkanes of at least 4 members (excludes halogenated alkanes) is 51. The molecule has 2 saturated heterocycles. The topological polar surface area (TPSA) is 380 Å². The lowest BCUT2D eigenvalue weighted by molar-refractivity contribution is -0.360. The van der Waals surface area contributed by atoms with Gasteiger partial charge in [-0.25, -0.2) is 4.57 Å². The molecule has 0 amide bonds. The number of esters is 4. The number of carbonyl (C=O) groups is 4. The van der Waals surface area contributed by atoms with E-state index in [4.69, 9.17) is 46.9 Å². The van der Waals surface area contributed by atoms with E-state index in [-0.39, 0.29) is 25.7 Å². The summed E-state index contributed by atoms with van der Waals surface area (Å²) in [5.41, 5.74) is 0. The van der Waals surface area contributed by atoms with E-state index in [0.717, 1.165) is 128 Å². The van der Waals surface area contributed by atoms with Crippen LogP contribution >= 0.6 is 7.82 Å². The first-order valence-electron chi connectivity index (χ1n) is 48.7. The Bertz CT molecular complexity index is 2490. The molecule has 10 N–H and O–H groups in total. The molecule has 0 bridgehead atoms. The molecular weight excluding hydrogens is 1550 g/mol. The molecule has 2 aliphatic heterocycles. The molecule has 3 fully saturated rings. The minimum atomic E-state index is -5.81. The van der Waals surface area contributed by atoms with E-state index in [1.165, 1.54) is 212 Å². The van der Waals surface area contributed by atoms with Crippen LogP contribution in [0.25, 0.3) is 0 Å². The first-order valence-corrected chi connectivity index (χ1v) is 50.2. The maximum Gasteiger partial charge on any atom is 0.472 e. The van der Waals surface area contributed by atoms with Gasteiger partial charge in [0.1, 0.15) is 92.6 Å². The van der Waals surface area contributed by atoms with Gasteiger partial charge in [-0.2, -0.15) is 0 Å². The van der Waals surface area contributed by atoms with Crippen molar-refractivity contribution < 1.29 is 122 Å². The highest BCUT2D eigenvalue weighted by atomic mass is 31.2. The minimum Gasteiger partial charge on any atom is -0.463 e. The van der Waals surface area contributed by atoms with Gasteiger partial charge in [-0.15, -0.1) is 0 Å². The van der Waals surface area contributed by atoms with Gasteiger partial charge in [0.2, 0.25) is 0 Å². The molecule has 3 rings (SSSR count). The van der Waals surface area contributed by atoms with Gasteiger partial charge < -0.3 is 88.7 Å². The summed E-state index contributed by atoms with van der Waals surface area (Å²) in [5.74, 6) is -2.25. The van der Waals surface area contributed by atoms with Gasteiger partial charge in [0.05, 0.1) is 13.2 Å². The quantitative estimate of drug-likeness (QED) is 0.0117. The lowest BCUT2D eigenvalue weighted by atomic mass is 9.84. The lowest BCUT2D eigenvalue weighted by Gasteiger charge is -2.50. The molecular formula is C93H175O25P. The molecule has 119 heavy (non-hydrogen) atoms. The Morgan fingerprint density at radius 1 is 0.328 bits per heavy atom. The summed E-state index contributed by atoms with van der Waals surface area (Å²) < 4.78 is 73.6. The molecule has 0 spiro atoms. The van der Waals surface area contributed by atoms with Gasteiger partial charge >= 0.3 is 31.7 Å². The van der Waals surface area contributed by atoms with Crippen LogP contribution in [0.2, 0.25) is 0 Å². The van der Waals surface area contributed by atoms with Crippen molar-refractivity contribution >= 4 is 31.7 Å². The average molecular weight is 1720 g/mol. The third-order valence-electron chi connectivity index (χ3n) is 24.3. The zero-order chi connectivity index (χ0) is 86.9. The zero-order valence-corrected chi connectivity index (χ0v) is 76.0. The molecule has 25 nitrogen and oxygen atoms in total. The van der Waals surface area contributed by atoms with E-state index in [1.807, 2.05) is 0 Å². The van der Waals surface area contributed by atoms with E-state index in [2.05, 4.69) is 34.6 Å². The van der Waals surface area contributed by atoms with Gasteiger partial charge in [-0.3, -0.25) is 28.2 Å². The Labute approximate surface area is 719 Å². The van der Waals surface area contributed by atoms with Gasteiger partial charge in [0, 0.05) is 25.7 Å². The van der Waals surface area contributed by atoms with E-state index in [9.17, 15) is 74.6 Å². The molecule has 3 aliphatic rings. The van der Waals surface area contributed by atoms with E-state index >= 15 is 0 Å². The SMILES string of the molecule is CCCCCCCCCCCCCCCCCCC(=O)OC(COC(=O)CCCCCCCCC(C)CCCCCCCC)COP(=O)(O)OC1C(OC2OC(CO)C(O)C(O)C2O)C(O)C(O)C(OC(=O)CCCCCCCCCCCCCCC)C1OC1OC(COC(=O)CCCCCCCCCCCCCCCCC)C(O)C(O)C1O. The van der Waals surface area contributed by atoms with E-state index in [0.29, 0.717) is 38.0 Å². The van der Waals surface area contributed by atoms with Gasteiger partial charge in [-0.1, -0.05) is 381 Å². The summed E-state index contributed by atoms with van der Waals surface area (Å²) in [4.78, 5) is 66.6. The number of hydrogen-bond donors (Lipinski definition) is 10. The molecule has 2 heterocycles. The fourth-order valence-corrected chi connectivity index (χ4v) is 17.4. The maximum absolute atomic E-state index is 14.9. The van der Waals surface area contributed by atoms with Crippen LogP contribution in [0, 0.1) is 5.92 Å². The number of aliphatic hydroxyl groups is 9. The van der Waals surface area contributed by atoms with Crippen molar-refractivity contribution in [3.05, 3.63) is 0 Å². The molecule has 26 heteroatoms. The normalized spacial score (nSPS) is 25.0. The third-order valence-corrected chi connectivity index (χ3v) is 25.2. The lowest BCUT2D eigenvalue weighted by Crippen LogP contribution is -2.70. The summed E-state index contributed by atoms with van der Waals surface area (Å²) in [6.07, 6.45) is 28.0. The van der Waals surface area contributed by atoms with Crippen LogP contribution in [0.15, 0.2) is 0 Å². The Balaban J connectivity index is 1.90. The van der Waals surface area contributed by atoms with Crippen molar-refractivity contribution in [1.82, 2.24) is 0 Å². The molecule has 19 unspecified atom stereocenters. The van der Waals surface area contributed by atoms with Crippen molar-refractivity contribution in [2.24, 2.45) is 5.92 Å². The predicted octanol–water partition coefficient (Wildman–Crippen LogP) is 18.4. The predicted molar refractivity (Wildman–Crippen MR) is 463 cm³/mol. The number of phosphoric acid groups is 1. The van der Waals surface area contributed by atoms with Crippen molar-refractivity contribution in [1.29, 1.82) is 0 Å². The van der Waals surface area contributed by atoms with Crippen LogP contribution in [0.1, 0.15) is 433 Å². The van der Waals surface area contributed by atoms with Gasteiger partial charge in [0.15, 0.2) is 24.8 Å². The Hall–Kier alpha value is -2.53. The zero-order valence-electron chi connectivity index (χ0n) is 75.1. The maximum atomic E-state index is 14.9. The first kappa shape index (κ1) is 111. The number of hydrogen-bond acceptors (Lipinski definition) is 24. The molecule has 0 radical (unpaired) electrons. The van der Waals surface area contributed by atoms with Gasteiger partial charge in [-0.05, 0) is 31.6 Å². The number of phosphoric ester groups is 1. The van der Waals surface area contributed by atoms with E-state index in [1.54, 1.807) is 0 Å². The number of aliphatic hydroxyl groups excluding tert-OH is 9. The summed E-state index contributed by atoms with van der Waals surface area (Å²) >= 11 is 0. The average Bonchev–Trinajstić information content (AvgIpc) is 0.754. The van der Waals surface area contributed by atoms with Crippen molar-refractivity contribution in [3.63, 3.8) is 0 Å². The highest BCUT2D eigenvalue weighted by Crippen LogP contribution is 2.49. The molecule has 1 aliphatic carbocycles. The summed E-state index contributed by atoms with van der Waals surface area (Å²) in [7, 11) is -5.81. The second-order valence-electron chi connectivity index (χ2n) is 35.2. The Morgan fingerprint density at radius 3 is 1.00 bits per heavy atom. The fourth-order valence-electron chi connectivity index (χ4n) is 16.4. The largest absolute Gasteiger partial charge is 0.472 e.